The van der Waals surface area contributed by atoms with Crippen LogP contribution in [0, 0.1) is 0 Å². The van der Waals surface area contributed by atoms with Gasteiger partial charge in [0.05, 0.1) is 0 Å². The quantitative estimate of drug-likeness (QED) is 0.452. The lowest BCUT2D eigenvalue weighted by molar-refractivity contribution is 0.316. The van der Waals surface area contributed by atoms with E-state index in [2.05, 4.69) is 54.4 Å². The van der Waals surface area contributed by atoms with Gasteiger partial charge < -0.3 is 10.2 Å². The molecule has 3 aromatic rings. The van der Waals surface area contributed by atoms with Crippen LogP contribution in [0.4, 0.5) is 5.69 Å². The highest BCUT2D eigenvalue weighted by atomic mass is 35.5. The van der Waals surface area contributed by atoms with Crippen LogP contribution in [-0.2, 0) is 0 Å². The average molecular weight is 346 g/mol. The standard InChI is InChI=1S/C19H22ClN2S/c1-3-22(4-2)10-9-21-17-6-8-19-15(13-17)11-14-12-16(20)5-7-18(14)23-19/h5-8,11-13,21H,3-4,9-10H2,1-2H3/q+1. The summed E-state index contributed by atoms with van der Waals surface area (Å²) in [6.45, 7) is 8.65. The zero-order valence-electron chi connectivity index (χ0n) is 13.6. The average Bonchev–Trinajstić information content (AvgIpc) is 2.57. The monoisotopic (exact) mass is 345 g/mol. The largest absolute Gasteiger partial charge is 0.384 e. The van der Waals surface area contributed by atoms with E-state index < -0.39 is 0 Å². The topological polar surface area (TPSA) is 15.3 Å². The first kappa shape index (κ1) is 16.4. The lowest BCUT2D eigenvalue weighted by Crippen LogP contribution is -2.28. The van der Waals surface area contributed by atoms with Crippen molar-refractivity contribution in [1.29, 1.82) is 0 Å². The molecule has 0 saturated carbocycles. The van der Waals surface area contributed by atoms with E-state index in [1.165, 1.54) is 25.9 Å². The van der Waals surface area contributed by atoms with Gasteiger partial charge in [0.2, 0.25) is 20.7 Å². The molecule has 1 heterocycles. The van der Waals surface area contributed by atoms with Gasteiger partial charge >= 0.3 is 0 Å². The molecule has 0 aliphatic rings. The zero-order valence-corrected chi connectivity index (χ0v) is 15.2. The van der Waals surface area contributed by atoms with Crippen LogP contribution in [0.25, 0.3) is 20.2 Å². The highest BCUT2D eigenvalue weighted by Crippen LogP contribution is 2.31. The van der Waals surface area contributed by atoms with E-state index in [0.717, 1.165) is 31.2 Å². The fourth-order valence-electron chi connectivity index (χ4n) is 2.77. The van der Waals surface area contributed by atoms with E-state index in [4.69, 9.17) is 11.6 Å². The second kappa shape index (κ2) is 7.43. The summed E-state index contributed by atoms with van der Waals surface area (Å²) in [5, 5.41) is 6.79. The van der Waals surface area contributed by atoms with Crippen molar-refractivity contribution >= 4 is 48.8 Å². The van der Waals surface area contributed by atoms with Crippen molar-refractivity contribution in [1.82, 2.24) is 4.90 Å². The second-order valence-electron chi connectivity index (χ2n) is 5.63. The van der Waals surface area contributed by atoms with E-state index in [0.29, 0.717) is 0 Å². The lowest BCUT2D eigenvalue weighted by atomic mass is 10.2. The van der Waals surface area contributed by atoms with Crippen molar-refractivity contribution in [2.75, 3.05) is 31.5 Å². The maximum atomic E-state index is 6.11. The molecular formula is C19H22ClN2S+. The first-order chi connectivity index (χ1) is 11.2. The second-order valence-corrected chi connectivity index (χ2v) is 7.16. The number of fused-ring (bicyclic) bond motifs is 2. The summed E-state index contributed by atoms with van der Waals surface area (Å²) in [6, 6.07) is 14.9. The molecule has 2 aromatic carbocycles. The molecule has 1 aromatic heterocycles. The molecule has 120 valence electrons. The Bertz CT molecular complexity index is 815. The van der Waals surface area contributed by atoms with E-state index in [1.54, 1.807) is 0 Å². The summed E-state index contributed by atoms with van der Waals surface area (Å²) in [6.07, 6.45) is 0. The molecule has 0 atom stereocenters. The summed E-state index contributed by atoms with van der Waals surface area (Å²) in [4.78, 5) is 2.42. The maximum absolute atomic E-state index is 6.11. The van der Waals surface area contributed by atoms with Crippen LogP contribution in [0.3, 0.4) is 0 Å². The van der Waals surface area contributed by atoms with E-state index in [1.807, 2.05) is 23.5 Å². The van der Waals surface area contributed by atoms with Crippen LogP contribution < -0.4 is 5.32 Å². The number of benzene rings is 2. The summed E-state index contributed by atoms with van der Waals surface area (Å²) in [5.41, 5.74) is 1.18. The minimum absolute atomic E-state index is 0.789. The number of halogens is 1. The Balaban J connectivity index is 1.81. The van der Waals surface area contributed by atoms with Gasteiger partial charge in [0.25, 0.3) is 0 Å². The number of anilines is 1. The van der Waals surface area contributed by atoms with Gasteiger partial charge in [-0.3, -0.25) is 0 Å². The van der Waals surface area contributed by atoms with Crippen molar-refractivity contribution in [3.63, 3.8) is 0 Å². The first-order valence-electron chi connectivity index (χ1n) is 8.12. The molecule has 0 radical (unpaired) electrons. The zero-order chi connectivity index (χ0) is 16.2. The van der Waals surface area contributed by atoms with Crippen LogP contribution >= 0.6 is 22.9 Å². The Labute approximate surface area is 146 Å². The fraction of sp³-hybridized carbons (Fsp3) is 0.316. The highest BCUT2D eigenvalue weighted by molar-refractivity contribution is 7.24. The molecule has 0 unspecified atom stereocenters. The summed E-state index contributed by atoms with van der Waals surface area (Å²) < 4.78 is 2.57. The van der Waals surface area contributed by atoms with Gasteiger partial charge in [-0.2, -0.15) is 0 Å². The van der Waals surface area contributed by atoms with Crippen LogP contribution in [-0.4, -0.2) is 31.1 Å². The molecule has 0 amide bonds. The predicted octanol–water partition coefficient (Wildman–Crippen LogP) is 5.74. The Kier molecular flexibility index (Phi) is 5.31. The number of likely N-dealkylation sites (N-methyl/N-ethyl adjacent to an activating group) is 1. The van der Waals surface area contributed by atoms with E-state index in [9.17, 15) is 0 Å². The van der Waals surface area contributed by atoms with Gasteiger partial charge in [-0.25, -0.2) is 0 Å². The number of rotatable bonds is 6. The van der Waals surface area contributed by atoms with Crippen molar-refractivity contribution < 1.29 is 0 Å². The minimum atomic E-state index is 0.789. The summed E-state index contributed by atoms with van der Waals surface area (Å²) in [5.74, 6) is 0. The van der Waals surface area contributed by atoms with Gasteiger partial charge in [-0.1, -0.05) is 25.4 Å². The normalized spacial score (nSPS) is 11.5. The van der Waals surface area contributed by atoms with E-state index >= 15 is 0 Å². The molecule has 0 fully saturated rings. The third-order valence-corrected chi connectivity index (χ3v) is 5.58. The predicted molar refractivity (Wildman–Crippen MR) is 105 cm³/mol. The van der Waals surface area contributed by atoms with Crippen LogP contribution in [0.15, 0.2) is 42.5 Å². The van der Waals surface area contributed by atoms with Gasteiger partial charge in [0.1, 0.15) is 0 Å². The Morgan fingerprint density at radius 3 is 2.39 bits per heavy atom. The molecule has 2 nitrogen and oxygen atoms in total. The molecule has 4 heteroatoms. The number of hydrogen-bond acceptors (Lipinski definition) is 2. The SMILES string of the molecule is CCN(CC)CCNc1ccc2[s+]c3ccc(Cl)cc3cc2c1. The van der Waals surface area contributed by atoms with Gasteiger partial charge in [0, 0.05) is 46.7 Å². The van der Waals surface area contributed by atoms with Crippen LogP contribution in [0.1, 0.15) is 13.8 Å². The molecule has 3 rings (SSSR count). The maximum Gasteiger partial charge on any atom is 0.238 e. The third-order valence-electron chi connectivity index (χ3n) is 4.16. The van der Waals surface area contributed by atoms with E-state index in [-0.39, 0.29) is 0 Å². The molecule has 23 heavy (non-hydrogen) atoms. The third kappa shape index (κ3) is 3.92. The highest BCUT2D eigenvalue weighted by Gasteiger charge is 2.11. The first-order valence-corrected chi connectivity index (χ1v) is 9.31. The smallest absolute Gasteiger partial charge is 0.238 e. The number of hydrogen-bond donors (Lipinski definition) is 1. The molecule has 0 saturated heterocycles. The minimum Gasteiger partial charge on any atom is -0.384 e. The molecule has 0 aliphatic carbocycles. The number of nitrogens with one attached hydrogen (secondary N) is 1. The fourth-order valence-corrected chi connectivity index (χ4v) is 3.93. The van der Waals surface area contributed by atoms with Crippen molar-refractivity contribution in [3.8, 4) is 0 Å². The summed E-state index contributed by atoms with van der Waals surface area (Å²) in [7, 11) is 0. The Morgan fingerprint density at radius 1 is 0.957 bits per heavy atom. The molecular weight excluding hydrogens is 324 g/mol. The van der Waals surface area contributed by atoms with Crippen LogP contribution in [0.2, 0.25) is 5.02 Å². The molecule has 0 aliphatic heterocycles. The van der Waals surface area contributed by atoms with Gasteiger partial charge in [0.15, 0.2) is 0 Å². The Morgan fingerprint density at radius 2 is 1.65 bits per heavy atom. The Hall–Kier alpha value is -1.42. The molecule has 1 N–H and O–H groups in total. The van der Waals surface area contributed by atoms with Crippen molar-refractivity contribution in [2.24, 2.45) is 0 Å². The lowest BCUT2D eigenvalue weighted by Gasteiger charge is -2.18. The van der Waals surface area contributed by atoms with Gasteiger partial charge in [-0.05, 0) is 43.4 Å². The van der Waals surface area contributed by atoms with Crippen LogP contribution in [0.5, 0.6) is 0 Å². The van der Waals surface area contributed by atoms with Crippen molar-refractivity contribution in [2.45, 2.75) is 13.8 Å². The number of nitrogens with zero attached hydrogens (tertiary/aromatic N) is 1. The van der Waals surface area contributed by atoms with Gasteiger partial charge in [-0.15, -0.1) is 0 Å². The molecule has 0 bridgehead atoms. The molecule has 0 spiro atoms. The van der Waals surface area contributed by atoms with Crippen molar-refractivity contribution in [3.05, 3.63) is 47.5 Å². The summed E-state index contributed by atoms with van der Waals surface area (Å²) >= 11 is 7.92.